The number of hydrogen-bond donors (Lipinski definition) is 1. The molecule has 0 aromatic carbocycles. The Bertz CT molecular complexity index is 125. The normalized spacial score (nSPS) is 15.9. The van der Waals surface area contributed by atoms with Gasteiger partial charge in [-0.2, -0.15) is 11.8 Å². The lowest BCUT2D eigenvalue weighted by molar-refractivity contribution is 0.287. The van der Waals surface area contributed by atoms with Gasteiger partial charge in [0.15, 0.2) is 0 Å². The van der Waals surface area contributed by atoms with Gasteiger partial charge in [0.1, 0.15) is 0 Å². The Labute approximate surface area is 94.4 Å². The third-order valence-corrected chi connectivity index (χ3v) is 3.76. The van der Waals surface area contributed by atoms with Crippen LogP contribution in [0.3, 0.4) is 0 Å². The van der Waals surface area contributed by atoms with E-state index in [0.29, 0.717) is 6.04 Å². The third-order valence-electron chi connectivity index (χ3n) is 2.82. The first kappa shape index (κ1) is 14.3. The van der Waals surface area contributed by atoms with Crippen molar-refractivity contribution >= 4 is 11.8 Å². The van der Waals surface area contributed by atoms with E-state index in [9.17, 15) is 0 Å². The summed E-state index contributed by atoms with van der Waals surface area (Å²) in [4.78, 5) is 0. The van der Waals surface area contributed by atoms with Crippen LogP contribution in [-0.2, 0) is 0 Å². The molecule has 14 heavy (non-hydrogen) atoms. The highest BCUT2D eigenvalue weighted by Crippen LogP contribution is 2.21. The summed E-state index contributed by atoms with van der Waals surface area (Å²) in [6, 6.07) is 0.664. The highest BCUT2D eigenvalue weighted by Gasteiger charge is 2.19. The SMILES string of the molecule is CCNC(C)C(CCSCC)C(C)C. The largest absolute Gasteiger partial charge is 0.314 e. The molecule has 0 bridgehead atoms. The summed E-state index contributed by atoms with van der Waals surface area (Å²) in [5.41, 5.74) is 0. The molecule has 0 aliphatic rings. The fraction of sp³-hybridized carbons (Fsp3) is 1.00. The van der Waals surface area contributed by atoms with E-state index in [1.807, 2.05) is 0 Å². The molecule has 0 rings (SSSR count). The summed E-state index contributed by atoms with van der Waals surface area (Å²) in [7, 11) is 0. The fourth-order valence-corrected chi connectivity index (χ4v) is 2.73. The summed E-state index contributed by atoms with van der Waals surface area (Å²) in [6.07, 6.45) is 1.35. The molecule has 1 nitrogen and oxygen atoms in total. The number of thioether (sulfide) groups is 1. The van der Waals surface area contributed by atoms with Crippen molar-refractivity contribution in [3.63, 3.8) is 0 Å². The minimum atomic E-state index is 0.664. The maximum Gasteiger partial charge on any atom is 0.00696 e. The maximum absolute atomic E-state index is 3.54. The lowest BCUT2D eigenvalue weighted by Crippen LogP contribution is -2.36. The molecule has 1 N–H and O–H groups in total. The van der Waals surface area contributed by atoms with Gasteiger partial charge in [-0.25, -0.2) is 0 Å². The molecule has 0 spiro atoms. The van der Waals surface area contributed by atoms with Gasteiger partial charge in [-0.3, -0.25) is 0 Å². The second-order valence-electron chi connectivity index (χ2n) is 4.24. The standard InChI is InChI=1S/C12H27NS/c1-6-13-11(5)12(10(3)4)8-9-14-7-2/h10-13H,6-9H2,1-5H3. The van der Waals surface area contributed by atoms with Crippen molar-refractivity contribution < 1.29 is 0 Å². The lowest BCUT2D eigenvalue weighted by Gasteiger charge is -2.28. The number of nitrogens with one attached hydrogen (secondary N) is 1. The average Bonchev–Trinajstić information content (AvgIpc) is 2.12. The molecule has 2 unspecified atom stereocenters. The van der Waals surface area contributed by atoms with Crippen LogP contribution in [0.15, 0.2) is 0 Å². The van der Waals surface area contributed by atoms with Crippen LogP contribution in [0.25, 0.3) is 0 Å². The fourth-order valence-electron chi connectivity index (χ4n) is 2.00. The van der Waals surface area contributed by atoms with Crippen LogP contribution < -0.4 is 5.32 Å². The van der Waals surface area contributed by atoms with E-state index in [0.717, 1.165) is 18.4 Å². The van der Waals surface area contributed by atoms with Crippen molar-refractivity contribution in [3.8, 4) is 0 Å². The first-order valence-electron chi connectivity index (χ1n) is 5.94. The predicted octanol–water partition coefficient (Wildman–Crippen LogP) is 3.40. The van der Waals surface area contributed by atoms with Crippen molar-refractivity contribution in [3.05, 3.63) is 0 Å². The van der Waals surface area contributed by atoms with Crippen LogP contribution in [0.5, 0.6) is 0 Å². The molecule has 0 aliphatic carbocycles. The Hall–Kier alpha value is 0.310. The Balaban J connectivity index is 3.88. The van der Waals surface area contributed by atoms with Gasteiger partial charge in [0.05, 0.1) is 0 Å². The van der Waals surface area contributed by atoms with Crippen molar-refractivity contribution in [1.29, 1.82) is 0 Å². The molecular weight excluding hydrogens is 190 g/mol. The van der Waals surface area contributed by atoms with Crippen molar-refractivity contribution in [2.45, 2.75) is 47.1 Å². The van der Waals surface area contributed by atoms with E-state index >= 15 is 0 Å². The quantitative estimate of drug-likeness (QED) is 0.625. The van der Waals surface area contributed by atoms with E-state index in [-0.39, 0.29) is 0 Å². The Morgan fingerprint density at radius 1 is 1.14 bits per heavy atom. The summed E-state index contributed by atoms with van der Waals surface area (Å²) in [5.74, 6) is 4.19. The topological polar surface area (TPSA) is 12.0 Å². The van der Waals surface area contributed by atoms with E-state index in [1.165, 1.54) is 17.9 Å². The summed E-state index contributed by atoms with van der Waals surface area (Å²) in [5, 5.41) is 3.54. The highest BCUT2D eigenvalue weighted by atomic mass is 32.2. The smallest absolute Gasteiger partial charge is 0.00696 e. The van der Waals surface area contributed by atoms with Gasteiger partial charge in [-0.05, 0) is 43.2 Å². The van der Waals surface area contributed by atoms with Gasteiger partial charge in [0.2, 0.25) is 0 Å². The molecule has 2 atom stereocenters. The van der Waals surface area contributed by atoms with Crippen molar-refractivity contribution in [1.82, 2.24) is 5.32 Å². The first-order chi connectivity index (χ1) is 6.63. The molecule has 0 radical (unpaired) electrons. The van der Waals surface area contributed by atoms with E-state index in [2.05, 4.69) is 51.7 Å². The monoisotopic (exact) mass is 217 g/mol. The van der Waals surface area contributed by atoms with E-state index in [4.69, 9.17) is 0 Å². The molecular formula is C12H27NS. The van der Waals surface area contributed by atoms with Gasteiger partial charge in [-0.1, -0.05) is 27.7 Å². The molecule has 0 fully saturated rings. The van der Waals surface area contributed by atoms with E-state index in [1.54, 1.807) is 0 Å². The van der Waals surface area contributed by atoms with Crippen LogP contribution in [0, 0.1) is 11.8 Å². The summed E-state index contributed by atoms with van der Waals surface area (Å²) in [6.45, 7) is 12.5. The summed E-state index contributed by atoms with van der Waals surface area (Å²) < 4.78 is 0. The van der Waals surface area contributed by atoms with Gasteiger partial charge in [-0.15, -0.1) is 0 Å². The summed E-state index contributed by atoms with van der Waals surface area (Å²) >= 11 is 2.06. The maximum atomic E-state index is 3.54. The van der Waals surface area contributed by atoms with Gasteiger partial charge < -0.3 is 5.32 Å². The zero-order chi connectivity index (χ0) is 11.0. The Kier molecular flexibility index (Phi) is 8.80. The average molecular weight is 217 g/mol. The second kappa shape index (κ2) is 8.60. The Morgan fingerprint density at radius 3 is 2.21 bits per heavy atom. The van der Waals surface area contributed by atoms with Crippen molar-refractivity contribution in [2.24, 2.45) is 11.8 Å². The zero-order valence-corrected chi connectivity index (χ0v) is 11.3. The third kappa shape index (κ3) is 5.92. The minimum Gasteiger partial charge on any atom is -0.314 e. The van der Waals surface area contributed by atoms with Gasteiger partial charge >= 0.3 is 0 Å². The number of hydrogen-bond acceptors (Lipinski definition) is 2. The molecule has 0 aromatic rings. The molecule has 0 saturated carbocycles. The molecule has 0 heterocycles. The van der Waals surface area contributed by atoms with Gasteiger partial charge in [0, 0.05) is 6.04 Å². The Morgan fingerprint density at radius 2 is 1.79 bits per heavy atom. The second-order valence-corrected chi connectivity index (χ2v) is 5.63. The first-order valence-corrected chi connectivity index (χ1v) is 7.10. The van der Waals surface area contributed by atoms with Crippen LogP contribution in [0.4, 0.5) is 0 Å². The van der Waals surface area contributed by atoms with Crippen molar-refractivity contribution in [2.75, 3.05) is 18.1 Å². The molecule has 0 aromatic heterocycles. The zero-order valence-electron chi connectivity index (χ0n) is 10.5. The lowest BCUT2D eigenvalue weighted by atomic mass is 9.87. The van der Waals surface area contributed by atoms with Crippen LogP contribution in [-0.4, -0.2) is 24.1 Å². The van der Waals surface area contributed by atoms with E-state index < -0.39 is 0 Å². The predicted molar refractivity (Wildman–Crippen MR) is 69.1 cm³/mol. The minimum absolute atomic E-state index is 0.664. The molecule has 2 heteroatoms. The highest BCUT2D eigenvalue weighted by molar-refractivity contribution is 7.99. The molecule has 86 valence electrons. The van der Waals surface area contributed by atoms with Crippen LogP contribution >= 0.6 is 11.8 Å². The molecule has 0 aliphatic heterocycles. The van der Waals surface area contributed by atoms with Gasteiger partial charge in [0.25, 0.3) is 0 Å². The number of rotatable bonds is 8. The molecule has 0 amide bonds. The molecule has 0 saturated heterocycles. The van der Waals surface area contributed by atoms with Crippen LogP contribution in [0.1, 0.15) is 41.0 Å². The van der Waals surface area contributed by atoms with Crippen LogP contribution in [0.2, 0.25) is 0 Å².